The maximum Gasteiger partial charge on any atom is 0.258 e. The summed E-state index contributed by atoms with van der Waals surface area (Å²) in [4.78, 5) is 11.6. The van der Waals surface area contributed by atoms with E-state index in [0.717, 1.165) is 5.56 Å². The molecule has 112 valence electrons. The summed E-state index contributed by atoms with van der Waals surface area (Å²) >= 11 is 0. The number of carbonyl (C=O) groups excluding carboxylic acids is 1. The molecule has 1 aromatic rings. The molecular formula is C15H23FN2O2. The van der Waals surface area contributed by atoms with Crippen molar-refractivity contribution < 1.29 is 13.9 Å². The number of benzene rings is 1. The van der Waals surface area contributed by atoms with Crippen molar-refractivity contribution in [3.8, 4) is 5.75 Å². The quantitative estimate of drug-likeness (QED) is 0.872. The number of carbonyl (C=O) groups is 1. The van der Waals surface area contributed by atoms with E-state index < -0.39 is 5.82 Å². The van der Waals surface area contributed by atoms with E-state index in [1.165, 1.54) is 6.07 Å². The Kier molecular flexibility index (Phi) is 5.51. The Labute approximate surface area is 119 Å². The van der Waals surface area contributed by atoms with Crippen molar-refractivity contribution in [3.05, 3.63) is 29.6 Å². The largest absolute Gasteiger partial charge is 0.481 e. The lowest BCUT2D eigenvalue weighted by atomic mass is 10.1. The van der Waals surface area contributed by atoms with Crippen LogP contribution in [0.15, 0.2) is 18.2 Å². The molecule has 5 heteroatoms. The van der Waals surface area contributed by atoms with Gasteiger partial charge in [-0.2, -0.15) is 0 Å². The number of hydrogen-bond donors (Lipinski definition) is 2. The summed E-state index contributed by atoms with van der Waals surface area (Å²) in [5, 5.41) is 5.78. The second kappa shape index (κ2) is 6.70. The first kappa shape index (κ1) is 16.4. The molecule has 0 saturated heterocycles. The van der Waals surface area contributed by atoms with E-state index in [9.17, 15) is 9.18 Å². The number of amides is 1. The highest BCUT2D eigenvalue weighted by Gasteiger charge is 2.15. The van der Waals surface area contributed by atoms with Crippen LogP contribution in [0, 0.1) is 5.82 Å². The summed E-state index contributed by atoms with van der Waals surface area (Å²) in [7, 11) is 1.81. The van der Waals surface area contributed by atoms with Crippen molar-refractivity contribution in [2.75, 3.05) is 13.7 Å². The zero-order valence-corrected chi connectivity index (χ0v) is 12.7. The Balaban J connectivity index is 2.63. The third-order valence-electron chi connectivity index (χ3n) is 2.76. The monoisotopic (exact) mass is 282 g/mol. The molecule has 0 radical (unpaired) electrons. The molecule has 0 bridgehead atoms. The Bertz CT molecular complexity index is 469. The fraction of sp³-hybridized carbons (Fsp3) is 0.533. The van der Waals surface area contributed by atoms with E-state index in [0.29, 0.717) is 0 Å². The Morgan fingerprint density at radius 1 is 1.40 bits per heavy atom. The van der Waals surface area contributed by atoms with Gasteiger partial charge in [-0.05, 0) is 52.4 Å². The summed E-state index contributed by atoms with van der Waals surface area (Å²) in [6.45, 7) is 7.36. The molecule has 20 heavy (non-hydrogen) atoms. The topological polar surface area (TPSA) is 50.4 Å². The molecule has 0 heterocycles. The molecule has 1 aromatic carbocycles. The Morgan fingerprint density at radius 3 is 2.55 bits per heavy atom. The normalized spacial score (nSPS) is 12.9. The van der Waals surface area contributed by atoms with Crippen LogP contribution in [0.4, 0.5) is 4.39 Å². The summed E-state index contributed by atoms with van der Waals surface area (Å²) in [5.41, 5.74) is 0.502. The van der Waals surface area contributed by atoms with Gasteiger partial charge >= 0.3 is 0 Å². The van der Waals surface area contributed by atoms with E-state index in [4.69, 9.17) is 4.74 Å². The van der Waals surface area contributed by atoms with Gasteiger partial charge in [0.2, 0.25) is 0 Å². The minimum atomic E-state index is -0.465. The van der Waals surface area contributed by atoms with Gasteiger partial charge in [-0.1, -0.05) is 6.07 Å². The molecule has 1 amide bonds. The van der Waals surface area contributed by atoms with Crippen LogP contribution in [-0.4, -0.2) is 25.1 Å². The van der Waals surface area contributed by atoms with Gasteiger partial charge < -0.3 is 15.4 Å². The number of halogens is 1. The highest BCUT2D eigenvalue weighted by atomic mass is 19.1. The first-order chi connectivity index (χ1) is 9.23. The third kappa shape index (κ3) is 5.17. The van der Waals surface area contributed by atoms with Gasteiger partial charge in [0.1, 0.15) is 0 Å². The molecule has 0 spiro atoms. The molecular weight excluding hydrogens is 259 g/mol. The fourth-order valence-electron chi connectivity index (χ4n) is 1.67. The molecule has 0 aliphatic heterocycles. The molecule has 1 atom stereocenters. The standard InChI is InChI=1S/C15H23FN2O2/c1-10(17-5)11-6-7-13(12(16)8-11)20-9-14(19)18-15(2,3)4/h6-8,10,17H,9H2,1-5H3,(H,18,19). The van der Waals surface area contributed by atoms with Crippen LogP contribution in [0.25, 0.3) is 0 Å². The molecule has 4 nitrogen and oxygen atoms in total. The van der Waals surface area contributed by atoms with Crippen LogP contribution < -0.4 is 15.4 Å². The summed E-state index contributed by atoms with van der Waals surface area (Å²) in [6.07, 6.45) is 0. The average Bonchev–Trinajstić information content (AvgIpc) is 2.34. The second-order valence-electron chi connectivity index (χ2n) is 5.79. The van der Waals surface area contributed by atoms with Gasteiger partial charge in [0, 0.05) is 11.6 Å². The highest BCUT2D eigenvalue weighted by molar-refractivity contribution is 5.78. The van der Waals surface area contributed by atoms with E-state index in [2.05, 4.69) is 10.6 Å². The minimum Gasteiger partial charge on any atom is -0.481 e. The molecule has 0 fully saturated rings. The van der Waals surface area contributed by atoms with Gasteiger partial charge in [0.25, 0.3) is 5.91 Å². The van der Waals surface area contributed by atoms with Crippen molar-refractivity contribution in [2.45, 2.75) is 39.3 Å². The third-order valence-corrected chi connectivity index (χ3v) is 2.76. The first-order valence-corrected chi connectivity index (χ1v) is 6.63. The van der Waals surface area contributed by atoms with Gasteiger partial charge in [-0.15, -0.1) is 0 Å². The zero-order valence-electron chi connectivity index (χ0n) is 12.7. The molecule has 2 N–H and O–H groups in total. The maximum absolute atomic E-state index is 13.9. The number of ether oxygens (including phenoxy) is 1. The van der Waals surface area contributed by atoms with E-state index >= 15 is 0 Å². The Morgan fingerprint density at radius 2 is 2.05 bits per heavy atom. The molecule has 1 rings (SSSR count). The number of hydrogen-bond acceptors (Lipinski definition) is 3. The van der Waals surface area contributed by atoms with Gasteiger partial charge in [0.15, 0.2) is 18.2 Å². The smallest absolute Gasteiger partial charge is 0.258 e. The Hall–Kier alpha value is -1.62. The van der Waals surface area contributed by atoms with Crippen molar-refractivity contribution in [1.29, 1.82) is 0 Å². The molecule has 1 unspecified atom stereocenters. The number of rotatable bonds is 5. The first-order valence-electron chi connectivity index (χ1n) is 6.63. The van der Waals surface area contributed by atoms with Gasteiger partial charge in [-0.3, -0.25) is 4.79 Å². The van der Waals surface area contributed by atoms with Crippen LogP contribution >= 0.6 is 0 Å². The van der Waals surface area contributed by atoms with Gasteiger partial charge in [-0.25, -0.2) is 4.39 Å². The predicted octanol–water partition coefficient (Wildman–Crippen LogP) is 2.40. The summed E-state index contributed by atoms with van der Waals surface area (Å²) in [5.74, 6) is -0.654. The second-order valence-corrected chi connectivity index (χ2v) is 5.79. The van der Waals surface area contributed by atoms with Crippen LogP contribution in [0.1, 0.15) is 39.3 Å². The van der Waals surface area contributed by atoms with Crippen molar-refractivity contribution in [1.82, 2.24) is 10.6 Å². The highest BCUT2D eigenvalue weighted by Crippen LogP contribution is 2.21. The van der Waals surface area contributed by atoms with Crippen molar-refractivity contribution in [3.63, 3.8) is 0 Å². The SMILES string of the molecule is CNC(C)c1ccc(OCC(=O)NC(C)(C)C)c(F)c1. The molecule has 0 aliphatic rings. The zero-order chi connectivity index (χ0) is 15.3. The van der Waals surface area contributed by atoms with Crippen LogP contribution in [0.3, 0.4) is 0 Å². The lowest BCUT2D eigenvalue weighted by Crippen LogP contribution is -2.43. The van der Waals surface area contributed by atoms with Crippen LogP contribution in [0.5, 0.6) is 5.75 Å². The average molecular weight is 282 g/mol. The fourth-order valence-corrected chi connectivity index (χ4v) is 1.67. The maximum atomic E-state index is 13.9. The van der Waals surface area contributed by atoms with Crippen molar-refractivity contribution in [2.24, 2.45) is 0 Å². The lowest BCUT2D eigenvalue weighted by molar-refractivity contribution is -0.124. The van der Waals surface area contributed by atoms with Crippen LogP contribution in [0.2, 0.25) is 0 Å². The van der Waals surface area contributed by atoms with Crippen molar-refractivity contribution >= 4 is 5.91 Å². The molecule has 0 aliphatic carbocycles. The van der Waals surface area contributed by atoms with E-state index in [1.54, 1.807) is 12.1 Å². The summed E-state index contributed by atoms with van der Waals surface area (Å²) in [6, 6.07) is 4.80. The van der Waals surface area contributed by atoms with E-state index in [-0.39, 0.29) is 29.8 Å². The minimum absolute atomic E-state index is 0.0581. The molecule has 0 aromatic heterocycles. The van der Waals surface area contributed by atoms with Crippen LogP contribution in [-0.2, 0) is 4.79 Å². The van der Waals surface area contributed by atoms with E-state index in [1.807, 2.05) is 34.7 Å². The molecule has 0 saturated carbocycles. The lowest BCUT2D eigenvalue weighted by Gasteiger charge is -2.20. The van der Waals surface area contributed by atoms with Gasteiger partial charge in [0.05, 0.1) is 0 Å². The summed E-state index contributed by atoms with van der Waals surface area (Å²) < 4.78 is 19.1. The predicted molar refractivity (Wildman–Crippen MR) is 77.3 cm³/mol. The number of nitrogens with one attached hydrogen (secondary N) is 2.